The summed E-state index contributed by atoms with van der Waals surface area (Å²) in [5.41, 5.74) is 5.09. The molecular formula is C31H22FN3O6. The number of ether oxygens (including phenoxy) is 4. The van der Waals surface area contributed by atoms with Crippen molar-refractivity contribution < 1.29 is 32.9 Å². The number of hydrogen-bond acceptors (Lipinski definition) is 7. The van der Waals surface area contributed by atoms with E-state index < -0.39 is 17.7 Å². The van der Waals surface area contributed by atoms with Crippen LogP contribution in [0, 0.1) is 5.82 Å². The average molecular weight is 552 g/mol. The van der Waals surface area contributed by atoms with Gasteiger partial charge in [-0.1, -0.05) is 42.5 Å². The number of aromatic amines is 1. The number of methoxy groups -OCH3 is 1. The molecule has 4 aromatic carbocycles. The summed E-state index contributed by atoms with van der Waals surface area (Å²) in [4.78, 5) is 28.7. The van der Waals surface area contributed by atoms with E-state index >= 15 is 0 Å². The Morgan fingerprint density at radius 1 is 0.951 bits per heavy atom. The van der Waals surface area contributed by atoms with E-state index in [4.69, 9.17) is 18.9 Å². The lowest BCUT2D eigenvalue weighted by Gasteiger charge is -2.10. The Morgan fingerprint density at radius 2 is 1.78 bits per heavy atom. The minimum absolute atomic E-state index is 0.0969. The van der Waals surface area contributed by atoms with Crippen molar-refractivity contribution in [3.8, 4) is 34.1 Å². The molecule has 10 heteroatoms. The van der Waals surface area contributed by atoms with Crippen LogP contribution >= 0.6 is 0 Å². The van der Waals surface area contributed by atoms with Gasteiger partial charge in [0, 0.05) is 10.9 Å². The Hall–Kier alpha value is -5.64. The first-order valence-corrected chi connectivity index (χ1v) is 12.5. The highest BCUT2D eigenvalue weighted by atomic mass is 19.1. The molecule has 1 aliphatic rings. The number of benzene rings is 4. The molecule has 0 bridgehead atoms. The van der Waals surface area contributed by atoms with Gasteiger partial charge in [0.05, 0.1) is 24.4 Å². The van der Waals surface area contributed by atoms with Gasteiger partial charge in [-0.25, -0.2) is 14.6 Å². The van der Waals surface area contributed by atoms with Gasteiger partial charge in [-0.3, -0.25) is 4.79 Å². The van der Waals surface area contributed by atoms with Gasteiger partial charge in [-0.05, 0) is 53.6 Å². The van der Waals surface area contributed by atoms with Gasteiger partial charge in [-0.15, -0.1) is 0 Å². The van der Waals surface area contributed by atoms with Crippen LogP contribution in [0.5, 0.6) is 23.0 Å². The summed E-state index contributed by atoms with van der Waals surface area (Å²) in [7, 11) is 1.44. The molecule has 0 fully saturated rings. The topological polar surface area (TPSA) is 111 Å². The standard InChI is InChI=1S/C31H22FN3O6/c1-38-25-14-18(10-12-24(25)41-31(37)20-11-13-23-26(15-20)40-17-39-23)16-33-35-30(36)29-27(19-6-3-2-4-7-19)21-8-5-9-22(32)28(21)34-29/h2-16,34H,17H2,1H3,(H,35,36). The Morgan fingerprint density at radius 3 is 2.61 bits per heavy atom. The van der Waals surface area contributed by atoms with E-state index in [0.717, 1.165) is 5.56 Å². The van der Waals surface area contributed by atoms with Crippen LogP contribution in [0.4, 0.5) is 4.39 Å². The number of carbonyl (C=O) groups excluding carboxylic acids is 2. The lowest BCUT2D eigenvalue weighted by Crippen LogP contribution is -2.18. The van der Waals surface area contributed by atoms with Crippen molar-refractivity contribution in [1.29, 1.82) is 0 Å². The van der Waals surface area contributed by atoms with E-state index in [0.29, 0.717) is 28.0 Å². The first-order chi connectivity index (χ1) is 20.0. The number of rotatable bonds is 7. The molecule has 0 saturated carbocycles. The predicted octanol–water partition coefficient (Wildman–Crippen LogP) is 5.69. The normalized spacial score (nSPS) is 12.0. The number of esters is 1. The fourth-order valence-electron chi connectivity index (χ4n) is 4.51. The van der Waals surface area contributed by atoms with Crippen molar-refractivity contribution in [2.45, 2.75) is 0 Å². The van der Waals surface area contributed by atoms with E-state index in [-0.39, 0.29) is 35.1 Å². The van der Waals surface area contributed by atoms with Crippen molar-refractivity contribution in [3.63, 3.8) is 0 Å². The molecule has 2 heterocycles. The summed E-state index contributed by atoms with van der Waals surface area (Å²) >= 11 is 0. The molecule has 1 aromatic heterocycles. The number of H-pyrrole nitrogens is 1. The number of nitrogens with one attached hydrogen (secondary N) is 2. The van der Waals surface area contributed by atoms with Gasteiger partial charge in [-0.2, -0.15) is 5.10 Å². The van der Waals surface area contributed by atoms with E-state index in [1.165, 1.54) is 19.4 Å². The second kappa shape index (κ2) is 10.9. The van der Waals surface area contributed by atoms with Crippen LogP contribution in [0.2, 0.25) is 0 Å². The van der Waals surface area contributed by atoms with Crippen LogP contribution in [0.25, 0.3) is 22.0 Å². The third-order valence-electron chi connectivity index (χ3n) is 6.45. The van der Waals surface area contributed by atoms with Gasteiger partial charge in [0.25, 0.3) is 5.91 Å². The quantitative estimate of drug-likeness (QED) is 0.116. The number of nitrogens with zero attached hydrogens (tertiary/aromatic N) is 1. The molecule has 6 rings (SSSR count). The molecule has 2 N–H and O–H groups in total. The second-order valence-corrected chi connectivity index (χ2v) is 8.97. The molecule has 0 aliphatic carbocycles. The second-order valence-electron chi connectivity index (χ2n) is 8.97. The Labute approximate surface area is 233 Å². The van der Waals surface area contributed by atoms with Crippen molar-refractivity contribution in [2.24, 2.45) is 5.10 Å². The highest BCUT2D eigenvalue weighted by Gasteiger charge is 2.21. The molecule has 0 unspecified atom stereocenters. The number of fused-ring (bicyclic) bond motifs is 2. The Bertz CT molecular complexity index is 1820. The van der Waals surface area contributed by atoms with E-state index in [1.54, 1.807) is 48.5 Å². The smallest absolute Gasteiger partial charge is 0.343 e. The number of para-hydroxylation sites is 1. The number of carbonyl (C=O) groups is 2. The lowest BCUT2D eigenvalue weighted by atomic mass is 10.0. The summed E-state index contributed by atoms with van der Waals surface area (Å²) in [5, 5.41) is 4.65. The first-order valence-electron chi connectivity index (χ1n) is 12.5. The molecule has 0 saturated heterocycles. The van der Waals surface area contributed by atoms with Crippen molar-refractivity contribution in [1.82, 2.24) is 10.4 Å². The SMILES string of the molecule is COc1cc(C=NNC(=O)c2[nH]c3c(F)cccc3c2-c2ccccc2)ccc1OC(=O)c1ccc2c(c1)OCO2. The zero-order valence-corrected chi connectivity index (χ0v) is 21.6. The monoisotopic (exact) mass is 551 g/mol. The molecular weight excluding hydrogens is 529 g/mol. The van der Waals surface area contributed by atoms with Gasteiger partial charge >= 0.3 is 5.97 Å². The number of hydrazone groups is 1. The maximum absolute atomic E-state index is 14.5. The van der Waals surface area contributed by atoms with Gasteiger partial charge in [0.1, 0.15) is 11.5 Å². The summed E-state index contributed by atoms with van der Waals surface area (Å²) in [5.74, 6) is -0.100. The van der Waals surface area contributed by atoms with Crippen LogP contribution in [-0.2, 0) is 0 Å². The molecule has 9 nitrogen and oxygen atoms in total. The molecule has 0 spiro atoms. The third-order valence-corrected chi connectivity index (χ3v) is 6.45. The third kappa shape index (κ3) is 5.06. The van der Waals surface area contributed by atoms with Gasteiger partial charge < -0.3 is 23.9 Å². The largest absolute Gasteiger partial charge is 0.493 e. The number of aromatic nitrogens is 1. The molecule has 0 atom stereocenters. The molecule has 5 aromatic rings. The molecule has 1 aliphatic heterocycles. The van der Waals surface area contributed by atoms with Crippen molar-refractivity contribution in [2.75, 3.05) is 13.9 Å². The fraction of sp³-hybridized carbons (Fsp3) is 0.0645. The molecule has 204 valence electrons. The zero-order chi connectivity index (χ0) is 28.3. The summed E-state index contributed by atoms with van der Waals surface area (Å²) in [6.45, 7) is 0.0969. The lowest BCUT2D eigenvalue weighted by molar-refractivity contribution is 0.0729. The maximum atomic E-state index is 14.5. The predicted molar refractivity (Wildman–Crippen MR) is 149 cm³/mol. The van der Waals surface area contributed by atoms with E-state index in [2.05, 4.69) is 15.5 Å². The van der Waals surface area contributed by atoms with Crippen LogP contribution in [-0.4, -0.2) is 37.0 Å². The number of halogens is 1. The van der Waals surface area contributed by atoms with Gasteiger partial charge in [0.2, 0.25) is 6.79 Å². The summed E-state index contributed by atoms with van der Waals surface area (Å²) in [6.07, 6.45) is 1.41. The zero-order valence-electron chi connectivity index (χ0n) is 21.6. The maximum Gasteiger partial charge on any atom is 0.343 e. The van der Waals surface area contributed by atoms with Crippen LogP contribution in [0.1, 0.15) is 26.4 Å². The highest BCUT2D eigenvalue weighted by Crippen LogP contribution is 2.35. The summed E-state index contributed by atoms with van der Waals surface area (Å²) in [6, 6.07) is 23.5. The van der Waals surface area contributed by atoms with E-state index in [1.807, 2.05) is 30.3 Å². The molecule has 0 radical (unpaired) electrons. The average Bonchev–Trinajstić information content (AvgIpc) is 3.63. The van der Waals surface area contributed by atoms with Crippen LogP contribution in [0.15, 0.2) is 90.0 Å². The van der Waals surface area contributed by atoms with Crippen LogP contribution in [0.3, 0.4) is 0 Å². The van der Waals surface area contributed by atoms with Gasteiger partial charge in [0.15, 0.2) is 23.0 Å². The van der Waals surface area contributed by atoms with Crippen molar-refractivity contribution in [3.05, 3.63) is 108 Å². The Kier molecular flexibility index (Phi) is 6.78. The Balaban J connectivity index is 1.19. The molecule has 1 amide bonds. The first kappa shape index (κ1) is 25.6. The van der Waals surface area contributed by atoms with Crippen molar-refractivity contribution >= 4 is 29.0 Å². The molecule has 41 heavy (non-hydrogen) atoms. The minimum Gasteiger partial charge on any atom is -0.493 e. The van der Waals surface area contributed by atoms with E-state index in [9.17, 15) is 14.0 Å². The fourth-order valence-corrected chi connectivity index (χ4v) is 4.51. The van der Waals surface area contributed by atoms with Crippen LogP contribution < -0.4 is 24.4 Å². The summed E-state index contributed by atoms with van der Waals surface area (Å²) < 4.78 is 36.0. The minimum atomic E-state index is -0.598. The number of hydrogen-bond donors (Lipinski definition) is 2. The number of amides is 1. The highest BCUT2D eigenvalue weighted by molar-refractivity contribution is 6.10.